The van der Waals surface area contributed by atoms with Crippen LogP contribution in [0.25, 0.3) is 5.57 Å². The number of rotatable bonds is 3. The Balaban J connectivity index is 1.84. The van der Waals surface area contributed by atoms with Gasteiger partial charge in [0.2, 0.25) is 0 Å². The third-order valence-electron chi connectivity index (χ3n) is 5.26. The van der Waals surface area contributed by atoms with Crippen molar-refractivity contribution >= 4 is 23.1 Å². The zero-order chi connectivity index (χ0) is 19.0. The fourth-order valence-electron chi connectivity index (χ4n) is 4.11. The number of nitrogens with zero attached hydrogens (tertiary/aromatic N) is 2. The lowest BCUT2D eigenvalue weighted by Crippen LogP contribution is -2.37. The van der Waals surface area contributed by atoms with E-state index in [0.717, 1.165) is 42.6 Å². The molecule has 0 spiro atoms. The Bertz CT molecular complexity index is 904. The van der Waals surface area contributed by atoms with Crippen molar-refractivity contribution < 1.29 is 9.59 Å². The minimum atomic E-state index is -0.225. The second kappa shape index (κ2) is 7.03. The fourth-order valence-corrected chi connectivity index (χ4v) is 4.11. The smallest absolute Gasteiger partial charge is 0.282 e. The quantitative estimate of drug-likeness (QED) is 0.775. The molecule has 0 radical (unpaired) electrons. The summed E-state index contributed by atoms with van der Waals surface area (Å²) in [6.45, 7) is 5.62. The molecule has 1 fully saturated rings. The van der Waals surface area contributed by atoms with E-state index in [1.165, 1.54) is 11.3 Å². The van der Waals surface area contributed by atoms with Gasteiger partial charge in [0.15, 0.2) is 0 Å². The van der Waals surface area contributed by atoms with Gasteiger partial charge in [0, 0.05) is 13.1 Å². The summed E-state index contributed by atoms with van der Waals surface area (Å²) < 4.78 is 0. The first-order chi connectivity index (χ1) is 13.1. The van der Waals surface area contributed by atoms with E-state index >= 15 is 0 Å². The van der Waals surface area contributed by atoms with Gasteiger partial charge in [-0.15, -0.1) is 0 Å². The molecular formula is C23H24N2O2. The van der Waals surface area contributed by atoms with Crippen LogP contribution in [0.2, 0.25) is 0 Å². The van der Waals surface area contributed by atoms with E-state index in [4.69, 9.17) is 0 Å². The predicted octanol–water partition coefficient (Wildman–Crippen LogP) is 4.07. The molecule has 27 heavy (non-hydrogen) atoms. The lowest BCUT2D eigenvalue weighted by Gasteiger charge is -2.29. The van der Waals surface area contributed by atoms with Gasteiger partial charge in [0.1, 0.15) is 5.70 Å². The van der Waals surface area contributed by atoms with Crippen molar-refractivity contribution in [3.05, 3.63) is 70.9 Å². The average molecular weight is 360 g/mol. The zero-order valence-corrected chi connectivity index (χ0v) is 15.9. The van der Waals surface area contributed by atoms with Crippen LogP contribution in [0.5, 0.6) is 0 Å². The number of hydrogen-bond acceptors (Lipinski definition) is 3. The maximum atomic E-state index is 13.4. The van der Waals surface area contributed by atoms with Gasteiger partial charge in [-0.05, 0) is 61.9 Å². The Morgan fingerprint density at radius 3 is 2.04 bits per heavy atom. The molecule has 2 amide bonds. The summed E-state index contributed by atoms with van der Waals surface area (Å²) >= 11 is 0. The number of carbonyl (C=O) groups is 2. The predicted molar refractivity (Wildman–Crippen MR) is 107 cm³/mol. The molecule has 4 rings (SSSR count). The first kappa shape index (κ1) is 17.5. The van der Waals surface area contributed by atoms with Crippen molar-refractivity contribution in [1.82, 2.24) is 4.90 Å². The lowest BCUT2D eigenvalue weighted by atomic mass is 10.0. The van der Waals surface area contributed by atoms with Crippen LogP contribution in [0, 0.1) is 13.8 Å². The van der Waals surface area contributed by atoms with Gasteiger partial charge in [-0.25, -0.2) is 4.90 Å². The van der Waals surface area contributed by atoms with Gasteiger partial charge >= 0.3 is 0 Å². The van der Waals surface area contributed by atoms with Crippen molar-refractivity contribution in [1.29, 1.82) is 0 Å². The van der Waals surface area contributed by atoms with E-state index in [1.54, 1.807) is 0 Å². The minimum absolute atomic E-state index is 0.203. The van der Waals surface area contributed by atoms with Crippen molar-refractivity contribution in [2.24, 2.45) is 0 Å². The molecule has 0 saturated carbocycles. The Kier molecular flexibility index (Phi) is 4.56. The number of piperidine rings is 1. The molecule has 138 valence electrons. The van der Waals surface area contributed by atoms with Gasteiger partial charge < -0.3 is 4.90 Å². The Labute approximate surface area is 160 Å². The maximum Gasteiger partial charge on any atom is 0.282 e. The number of carbonyl (C=O) groups excluding carboxylic acids is 2. The molecular weight excluding hydrogens is 336 g/mol. The highest BCUT2D eigenvalue weighted by Gasteiger charge is 2.42. The third kappa shape index (κ3) is 3.16. The van der Waals surface area contributed by atoms with Crippen LogP contribution in [-0.4, -0.2) is 29.8 Å². The lowest BCUT2D eigenvalue weighted by molar-refractivity contribution is -0.120. The summed E-state index contributed by atoms with van der Waals surface area (Å²) in [7, 11) is 0. The fraction of sp³-hybridized carbons (Fsp3) is 0.304. The molecule has 1 saturated heterocycles. The average Bonchev–Trinajstić information content (AvgIpc) is 2.92. The summed E-state index contributed by atoms with van der Waals surface area (Å²) in [6.07, 6.45) is 3.28. The molecule has 2 heterocycles. The van der Waals surface area contributed by atoms with Crippen molar-refractivity contribution in [3.63, 3.8) is 0 Å². The molecule has 0 N–H and O–H groups in total. The van der Waals surface area contributed by atoms with Gasteiger partial charge in [-0.3, -0.25) is 9.59 Å². The molecule has 4 nitrogen and oxygen atoms in total. The summed E-state index contributed by atoms with van der Waals surface area (Å²) in [5, 5.41) is 0. The van der Waals surface area contributed by atoms with E-state index < -0.39 is 0 Å². The molecule has 2 aromatic rings. The molecule has 2 aromatic carbocycles. The topological polar surface area (TPSA) is 40.6 Å². The SMILES string of the molecule is Cc1cc(C)cc(N2C(=O)C(c3ccccc3)=C(N3CCCCC3)C2=O)c1. The standard InChI is InChI=1S/C23H24N2O2/c1-16-13-17(2)15-19(14-16)25-22(26)20(18-9-5-3-6-10-18)21(23(25)27)24-11-7-4-8-12-24/h3,5-6,9-10,13-15H,4,7-8,11-12H2,1-2H3. The van der Waals surface area contributed by atoms with Crippen molar-refractivity contribution in [2.75, 3.05) is 18.0 Å². The monoisotopic (exact) mass is 360 g/mol. The number of amides is 2. The summed E-state index contributed by atoms with van der Waals surface area (Å²) in [6, 6.07) is 15.4. The second-order valence-corrected chi connectivity index (χ2v) is 7.43. The normalized spacial score (nSPS) is 17.9. The highest BCUT2D eigenvalue weighted by molar-refractivity contribution is 6.45. The number of likely N-dealkylation sites (tertiary alicyclic amines) is 1. The first-order valence-electron chi connectivity index (χ1n) is 9.58. The molecule has 2 aliphatic heterocycles. The number of anilines is 1. The van der Waals surface area contributed by atoms with Crippen LogP contribution >= 0.6 is 0 Å². The van der Waals surface area contributed by atoms with Crippen molar-refractivity contribution in [3.8, 4) is 0 Å². The van der Waals surface area contributed by atoms with E-state index in [9.17, 15) is 9.59 Å². The summed E-state index contributed by atoms with van der Waals surface area (Å²) in [4.78, 5) is 30.3. The zero-order valence-electron chi connectivity index (χ0n) is 15.9. The number of imide groups is 1. The maximum absolute atomic E-state index is 13.4. The number of aryl methyl sites for hydroxylation is 2. The van der Waals surface area contributed by atoms with Crippen LogP contribution in [0.1, 0.15) is 36.0 Å². The molecule has 0 bridgehead atoms. The largest absolute Gasteiger partial charge is 0.366 e. The molecule has 4 heteroatoms. The van der Waals surface area contributed by atoms with E-state index in [1.807, 2.05) is 62.4 Å². The highest BCUT2D eigenvalue weighted by atomic mass is 16.2. The van der Waals surface area contributed by atoms with Gasteiger partial charge in [-0.1, -0.05) is 36.4 Å². The van der Waals surface area contributed by atoms with Crippen molar-refractivity contribution in [2.45, 2.75) is 33.1 Å². The Hall–Kier alpha value is -2.88. The Morgan fingerprint density at radius 2 is 1.41 bits per heavy atom. The van der Waals surface area contributed by atoms with Gasteiger partial charge in [-0.2, -0.15) is 0 Å². The van der Waals surface area contributed by atoms with E-state index in [2.05, 4.69) is 4.90 Å². The van der Waals surface area contributed by atoms with Gasteiger partial charge in [0.25, 0.3) is 11.8 Å². The van der Waals surface area contributed by atoms with E-state index in [0.29, 0.717) is 17.0 Å². The van der Waals surface area contributed by atoms with Crippen LogP contribution in [0.3, 0.4) is 0 Å². The van der Waals surface area contributed by atoms with Gasteiger partial charge in [0.05, 0.1) is 11.3 Å². The number of hydrogen-bond donors (Lipinski definition) is 0. The van der Waals surface area contributed by atoms with Crippen LogP contribution < -0.4 is 4.90 Å². The summed E-state index contributed by atoms with van der Waals surface area (Å²) in [5.41, 5.74) is 4.63. The molecule has 0 atom stereocenters. The molecule has 0 aliphatic carbocycles. The minimum Gasteiger partial charge on any atom is -0.366 e. The highest BCUT2D eigenvalue weighted by Crippen LogP contribution is 2.36. The molecule has 0 unspecified atom stereocenters. The Morgan fingerprint density at radius 1 is 0.778 bits per heavy atom. The van der Waals surface area contributed by atoms with Crippen LogP contribution in [0.4, 0.5) is 5.69 Å². The van der Waals surface area contributed by atoms with Crippen LogP contribution in [0.15, 0.2) is 54.2 Å². The number of benzene rings is 2. The third-order valence-corrected chi connectivity index (χ3v) is 5.26. The van der Waals surface area contributed by atoms with Crippen LogP contribution in [-0.2, 0) is 9.59 Å². The molecule has 2 aliphatic rings. The van der Waals surface area contributed by atoms with E-state index in [-0.39, 0.29) is 11.8 Å². The summed E-state index contributed by atoms with van der Waals surface area (Å²) in [5.74, 6) is -0.428. The second-order valence-electron chi connectivity index (χ2n) is 7.43. The molecule has 0 aromatic heterocycles. The first-order valence-corrected chi connectivity index (χ1v) is 9.58.